The number of thioether (sulfide) groups is 1. The number of halogens is 2. The lowest BCUT2D eigenvalue weighted by molar-refractivity contribution is 0.295. The van der Waals surface area contributed by atoms with Crippen molar-refractivity contribution in [1.82, 2.24) is 0 Å². The van der Waals surface area contributed by atoms with E-state index in [0.717, 1.165) is 16.1 Å². The lowest BCUT2D eigenvalue weighted by Gasteiger charge is -2.28. The molecule has 0 spiro atoms. The molecule has 1 rings (SSSR count). The highest BCUT2D eigenvalue weighted by Gasteiger charge is 2.23. The van der Waals surface area contributed by atoms with E-state index in [2.05, 4.69) is 42.8 Å². The first-order valence-electron chi connectivity index (χ1n) is 5.82. The summed E-state index contributed by atoms with van der Waals surface area (Å²) in [5.41, 5.74) is 1.60. The number of hydrogen-bond acceptors (Lipinski definition) is 1. The Balaban J connectivity index is 2.45. The first kappa shape index (κ1) is 15.4. The molecular weight excluding hydrogens is 316 g/mol. The van der Waals surface area contributed by atoms with E-state index in [1.807, 2.05) is 30.0 Å². The molecule has 3 heteroatoms. The molecule has 17 heavy (non-hydrogen) atoms. The van der Waals surface area contributed by atoms with Crippen LogP contribution in [-0.2, 0) is 5.75 Å². The van der Waals surface area contributed by atoms with Crippen LogP contribution >= 0.6 is 39.3 Å². The monoisotopic (exact) mass is 334 g/mol. The Kier molecular flexibility index (Phi) is 6.39. The molecule has 1 unspecified atom stereocenters. The Morgan fingerprint density at radius 2 is 1.94 bits per heavy atom. The fourth-order valence-electron chi connectivity index (χ4n) is 1.45. The maximum Gasteiger partial charge on any atom is 0.0446 e. The van der Waals surface area contributed by atoms with Crippen LogP contribution in [0, 0.1) is 11.3 Å². The standard InChI is InChI=1S/C14H20BrClS/c1-14(2,3)12(8-15)10-17-9-11-6-4-5-7-13(11)16/h4-7,12H,8-10H2,1-3H3. The average molecular weight is 336 g/mol. The van der Waals surface area contributed by atoms with E-state index >= 15 is 0 Å². The molecule has 1 aromatic carbocycles. The zero-order chi connectivity index (χ0) is 12.9. The largest absolute Gasteiger partial charge is 0.157 e. The fraction of sp³-hybridized carbons (Fsp3) is 0.571. The summed E-state index contributed by atoms with van der Waals surface area (Å²) < 4.78 is 0. The van der Waals surface area contributed by atoms with Crippen molar-refractivity contribution in [2.24, 2.45) is 11.3 Å². The third-order valence-electron chi connectivity index (χ3n) is 2.95. The van der Waals surface area contributed by atoms with Crippen LogP contribution in [0.5, 0.6) is 0 Å². The molecule has 0 aromatic heterocycles. The van der Waals surface area contributed by atoms with Crippen LogP contribution in [-0.4, -0.2) is 11.1 Å². The maximum absolute atomic E-state index is 6.14. The van der Waals surface area contributed by atoms with Gasteiger partial charge in [-0.3, -0.25) is 0 Å². The lowest BCUT2D eigenvalue weighted by Crippen LogP contribution is -2.24. The Labute approximate surface area is 123 Å². The first-order valence-corrected chi connectivity index (χ1v) is 8.47. The number of rotatable bonds is 5. The minimum atomic E-state index is 0.358. The van der Waals surface area contributed by atoms with Gasteiger partial charge in [-0.05, 0) is 28.7 Å². The average Bonchev–Trinajstić information content (AvgIpc) is 2.25. The molecule has 0 aliphatic rings. The zero-order valence-corrected chi connectivity index (χ0v) is 13.8. The smallest absolute Gasteiger partial charge is 0.0446 e. The lowest BCUT2D eigenvalue weighted by atomic mass is 9.83. The summed E-state index contributed by atoms with van der Waals surface area (Å²) in [6.07, 6.45) is 0. The summed E-state index contributed by atoms with van der Waals surface area (Å²) in [5.74, 6) is 2.86. The fourth-order valence-corrected chi connectivity index (χ4v) is 4.73. The van der Waals surface area contributed by atoms with Crippen molar-refractivity contribution >= 4 is 39.3 Å². The molecule has 0 nitrogen and oxygen atoms in total. The Morgan fingerprint density at radius 1 is 1.29 bits per heavy atom. The number of benzene rings is 1. The highest BCUT2D eigenvalue weighted by atomic mass is 79.9. The van der Waals surface area contributed by atoms with E-state index in [1.165, 1.54) is 11.3 Å². The minimum absolute atomic E-state index is 0.358. The van der Waals surface area contributed by atoms with Gasteiger partial charge in [-0.25, -0.2) is 0 Å². The summed E-state index contributed by atoms with van der Waals surface area (Å²) in [6.45, 7) is 6.90. The second-order valence-corrected chi connectivity index (χ2v) is 7.41. The van der Waals surface area contributed by atoms with Crippen molar-refractivity contribution < 1.29 is 0 Å². The summed E-state index contributed by atoms with van der Waals surface area (Å²) in [4.78, 5) is 0. The van der Waals surface area contributed by atoms with Crippen LogP contribution in [0.3, 0.4) is 0 Å². The van der Waals surface area contributed by atoms with Crippen LogP contribution in [0.25, 0.3) is 0 Å². The van der Waals surface area contributed by atoms with E-state index in [-0.39, 0.29) is 0 Å². The van der Waals surface area contributed by atoms with Crippen molar-refractivity contribution in [1.29, 1.82) is 0 Å². The number of hydrogen-bond donors (Lipinski definition) is 0. The van der Waals surface area contributed by atoms with Gasteiger partial charge in [-0.1, -0.05) is 66.5 Å². The molecule has 1 aromatic rings. The number of alkyl halides is 1. The first-order chi connectivity index (χ1) is 7.95. The third kappa shape index (κ3) is 5.23. The zero-order valence-electron chi connectivity index (χ0n) is 10.7. The Hall–Kier alpha value is 0.340. The van der Waals surface area contributed by atoms with Crippen LogP contribution < -0.4 is 0 Å². The van der Waals surface area contributed by atoms with Gasteiger partial charge in [0.25, 0.3) is 0 Å². The molecule has 0 heterocycles. The molecule has 1 atom stereocenters. The van der Waals surface area contributed by atoms with Crippen molar-refractivity contribution in [3.8, 4) is 0 Å². The van der Waals surface area contributed by atoms with Crippen molar-refractivity contribution in [3.05, 3.63) is 34.9 Å². The van der Waals surface area contributed by atoms with E-state index in [0.29, 0.717) is 11.3 Å². The van der Waals surface area contributed by atoms with Crippen molar-refractivity contribution in [2.45, 2.75) is 26.5 Å². The topological polar surface area (TPSA) is 0 Å². The van der Waals surface area contributed by atoms with Crippen molar-refractivity contribution in [3.63, 3.8) is 0 Å². The van der Waals surface area contributed by atoms with Gasteiger partial charge in [0.2, 0.25) is 0 Å². The molecule has 96 valence electrons. The molecule has 0 bridgehead atoms. The van der Waals surface area contributed by atoms with Crippen LogP contribution in [0.1, 0.15) is 26.3 Å². The highest BCUT2D eigenvalue weighted by molar-refractivity contribution is 9.09. The molecule has 0 fully saturated rings. The summed E-state index contributed by atoms with van der Waals surface area (Å²) in [7, 11) is 0. The summed E-state index contributed by atoms with van der Waals surface area (Å²) in [6, 6.07) is 8.10. The second-order valence-electron chi connectivity index (χ2n) is 5.32. The van der Waals surface area contributed by atoms with Crippen LogP contribution in [0.2, 0.25) is 5.02 Å². The van der Waals surface area contributed by atoms with E-state index < -0.39 is 0 Å². The molecule has 0 saturated heterocycles. The molecule has 0 N–H and O–H groups in total. The second kappa shape index (κ2) is 7.06. The van der Waals surface area contributed by atoms with Gasteiger partial charge in [0.15, 0.2) is 0 Å². The molecule has 0 aliphatic heterocycles. The van der Waals surface area contributed by atoms with Gasteiger partial charge < -0.3 is 0 Å². The van der Waals surface area contributed by atoms with Crippen molar-refractivity contribution in [2.75, 3.05) is 11.1 Å². The summed E-state index contributed by atoms with van der Waals surface area (Å²) >= 11 is 11.7. The van der Waals surface area contributed by atoms with E-state index in [4.69, 9.17) is 11.6 Å². The quantitative estimate of drug-likeness (QED) is 0.628. The molecule has 0 saturated carbocycles. The third-order valence-corrected chi connectivity index (χ3v) is 5.25. The Bertz CT molecular complexity index is 346. The molecule has 0 amide bonds. The van der Waals surface area contributed by atoms with Crippen LogP contribution in [0.4, 0.5) is 0 Å². The predicted molar refractivity (Wildman–Crippen MR) is 84.4 cm³/mol. The predicted octanol–water partition coefficient (Wildman–Crippen LogP) is 5.63. The molecular formula is C14H20BrClS. The Morgan fingerprint density at radius 3 is 2.47 bits per heavy atom. The maximum atomic E-state index is 6.14. The van der Waals surface area contributed by atoms with Gasteiger partial charge in [0.05, 0.1) is 0 Å². The summed E-state index contributed by atoms with van der Waals surface area (Å²) in [5, 5.41) is 1.94. The van der Waals surface area contributed by atoms with Crippen LogP contribution in [0.15, 0.2) is 24.3 Å². The molecule has 0 aliphatic carbocycles. The van der Waals surface area contributed by atoms with E-state index in [1.54, 1.807) is 0 Å². The van der Waals surface area contributed by atoms with Gasteiger partial charge >= 0.3 is 0 Å². The van der Waals surface area contributed by atoms with Gasteiger partial charge in [-0.15, -0.1) is 0 Å². The van der Waals surface area contributed by atoms with Gasteiger partial charge in [0.1, 0.15) is 0 Å². The highest BCUT2D eigenvalue weighted by Crippen LogP contribution is 2.32. The normalized spacial score (nSPS) is 13.7. The van der Waals surface area contributed by atoms with Gasteiger partial charge in [-0.2, -0.15) is 11.8 Å². The van der Waals surface area contributed by atoms with E-state index in [9.17, 15) is 0 Å². The van der Waals surface area contributed by atoms with Gasteiger partial charge in [0, 0.05) is 16.1 Å². The SMILES string of the molecule is CC(C)(C)C(CBr)CSCc1ccccc1Cl. The minimum Gasteiger partial charge on any atom is -0.157 e. The molecule has 0 radical (unpaired) electrons.